The molecule has 2 aliphatic heterocycles. The number of amides is 1. The second-order valence-corrected chi connectivity index (χ2v) is 6.17. The molecule has 7 nitrogen and oxygen atoms in total. The van der Waals surface area contributed by atoms with Crippen LogP contribution in [0.15, 0.2) is 30.5 Å². The number of hydrogen-bond donors (Lipinski definition) is 1. The second-order valence-electron chi connectivity index (χ2n) is 6.17. The summed E-state index contributed by atoms with van der Waals surface area (Å²) < 4.78 is 10.6. The molecule has 3 heterocycles. The molecule has 0 spiro atoms. The number of anilines is 1. The molecule has 1 fully saturated rings. The zero-order chi connectivity index (χ0) is 17.1. The standard InChI is InChI=1S/C18H20N4O3/c23-18(10-13-3-4-14-15(9-13)25-12-24-14)20-11-16-19-6-5-17(21-16)22-7-1-2-8-22/h3-6,9H,1-2,7-8,10-12H2,(H,20,23). The summed E-state index contributed by atoms with van der Waals surface area (Å²) in [5, 5.41) is 2.88. The van der Waals surface area contributed by atoms with E-state index in [0.717, 1.165) is 30.2 Å². The van der Waals surface area contributed by atoms with E-state index in [0.29, 0.717) is 18.1 Å². The van der Waals surface area contributed by atoms with Crippen molar-refractivity contribution < 1.29 is 14.3 Å². The van der Waals surface area contributed by atoms with Crippen LogP contribution in [0.2, 0.25) is 0 Å². The summed E-state index contributed by atoms with van der Waals surface area (Å²) in [6.07, 6.45) is 4.43. The lowest BCUT2D eigenvalue weighted by Crippen LogP contribution is -2.26. The van der Waals surface area contributed by atoms with Gasteiger partial charge < -0.3 is 19.7 Å². The fourth-order valence-electron chi connectivity index (χ4n) is 3.07. The quantitative estimate of drug-likeness (QED) is 0.892. The van der Waals surface area contributed by atoms with E-state index in [2.05, 4.69) is 20.2 Å². The van der Waals surface area contributed by atoms with Crippen molar-refractivity contribution in [2.24, 2.45) is 0 Å². The van der Waals surface area contributed by atoms with Crippen molar-refractivity contribution in [3.8, 4) is 11.5 Å². The Kier molecular flexibility index (Phi) is 4.37. The summed E-state index contributed by atoms with van der Waals surface area (Å²) in [7, 11) is 0. The van der Waals surface area contributed by atoms with E-state index in [1.165, 1.54) is 12.8 Å². The Morgan fingerprint density at radius 3 is 2.88 bits per heavy atom. The molecule has 2 aromatic rings. The van der Waals surface area contributed by atoms with E-state index < -0.39 is 0 Å². The van der Waals surface area contributed by atoms with E-state index in [4.69, 9.17) is 9.47 Å². The summed E-state index contributed by atoms with van der Waals surface area (Å²) in [6, 6.07) is 7.46. The van der Waals surface area contributed by atoms with Crippen LogP contribution in [-0.4, -0.2) is 35.8 Å². The third-order valence-corrected chi connectivity index (χ3v) is 4.37. The van der Waals surface area contributed by atoms with Crippen molar-refractivity contribution >= 4 is 11.7 Å². The average Bonchev–Trinajstić information content (AvgIpc) is 3.31. The molecule has 1 aromatic carbocycles. The normalized spacial score (nSPS) is 15.4. The minimum Gasteiger partial charge on any atom is -0.454 e. The number of rotatable bonds is 5. The van der Waals surface area contributed by atoms with Crippen molar-refractivity contribution in [1.82, 2.24) is 15.3 Å². The van der Waals surface area contributed by atoms with Gasteiger partial charge in [0.25, 0.3) is 0 Å². The van der Waals surface area contributed by atoms with Gasteiger partial charge in [-0.25, -0.2) is 9.97 Å². The van der Waals surface area contributed by atoms with Crippen molar-refractivity contribution in [1.29, 1.82) is 0 Å². The van der Waals surface area contributed by atoms with Crippen LogP contribution < -0.4 is 19.7 Å². The fraction of sp³-hybridized carbons (Fsp3) is 0.389. The molecule has 1 N–H and O–H groups in total. The van der Waals surface area contributed by atoms with E-state index in [1.54, 1.807) is 6.20 Å². The number of ether oxygens (including phenoxy) is 2. The van der Waals surface area contributed by atoms with Gasteiger partial charge in [0.1, 0.15) is 11.6 Å². The first-order valence-corrected chi connectivity index (χ1v) is 8.50. The van der Waals surface area contributed by atoms with Crippen molar-refractivity contribution in [2.75, 3.05) is 24.8 Å². The zero-order valence-electron chi connectivity index (χ0n) is 13.9. The number of nitrogens with zero attached hydrogens (tertiary/aromatic N) is 3. The summed E-state index contributed by atoms with van der Waals surface area (Å²) in [5.74, 6) is 2.90. The van der Waals surface area contributed by atoms with Gasteiger partial charge >= 0.3 is 0 Å². The maximum Gasteiger partial charge on any atom is 0.231 e. The number of hydrogen-bond acceptors (Lipinski definition) is 6. The number of aromatic nitrogens is 2. The fourth-order valence-corrected chi connectivity index (χ4v) is 3.07. The van der Waals surface area contributed by atoms with Gasteiger partial charge in [-0.1, -0.05) is 6.07 Å². The van der Waals surface area contributed by atoms with Gasteiger partial charge in [-0.3, -0.25) is 4.79 Å². The number of fused-ring (bicyclic) bond motifs is 1. The van der Waals surface area contributed by atoms with Crippen molar-refractivity contribution in [3.05, 3.63) is 41.9 Å². The zero-order valence-corrected chi connectivity index (χ0v) is 13.9. The molecule has 25 heavy (non-hydrogen) atoms. The molecule has 130 valence electrons. The highest BCUT2D eigenvalue weighted by Gasteiger charge is 2.16. The Labute approximate surface area is 146 Å². The van der Waals surface area contributed by atoms with Gasteiger partial charge in [0, 0.05) is 19.3 Å². The maximum absolute atomic E-state index is 12.2. The third-order valence-electron chi connectivity index (χ3n) is 4.37. The largest absolute Gasteiger partial charge is 0.454 e. The first kappa shape index (κ1) is 15.7. The van der Waals surface area contributed by atoms with Gasteiger partial charge in [0.15, 0.2) is 11.5 Å². The van der Waals surface area contributed by atoms with E-state index in [-0.39, 0.29) is 19.1 Å². The van der Waals surface area contributed by atoms with E-state index in [9.17, 15) is 4.79 Å². The van der Waals surface area contributed by atoms with Crippen LogP contribution in [0.25, 0.3) is 0 Å². The molecule has 7 heteroatoms. The molecule has 1 saturated heterocycles. The van der Waals surface area contributed by atoms with E-state index in [1.807, 2.05) is 24.3 Å². The van der Waals surface area contributed by atoms with Gasteiger partial charge in [-0.2, -0.15) is 0 Å². The molecule has 1 aromatic heterocycles. The highest BCUT2D eigenvalue weighted by Crippen LogP contribution is 2.32. The lowest BCUT2D eigenvalue weighted by atomic mass is 10.1. The predicted octanol–water partition coefficient (Wildman–Crippen LogP) is 1.66. The highest BCUT2D eigenvalue weighted by molar-refractivity contribution is 5.78. The van der Waals surface area contributed by atoms with Gasteiger partial charge in [0.2, 0.25) is 12.7 Å². The minimum absolute atomic E-state index is 0.0750. The van der Waals surface area contributed by atoms with Crippen LogP contribution >= 0.6 is 0 Å². The molecule has 4 rings (SSSR count). The lowest BCUT2D eigenvalue weighted by Gasteiger charge is -2.16. The summed E-state index contributed by atoms with van der Waals surface area (Å²) in [4.78, 5) is 23.2. The summed E-state index contributed by atoms with van der Waals surface area (Å²) >= 11 is 0. The SMILES string of the molecule is O=C(Cc1ccc2c(c1)OCO2)NCc1nccc(N2CCCC2)n1. The topological polar surface area (TPSA) is 76.6 Å². The van der Waals surface area contributed by atoms with Crippen LogP contribution in [0.5, 0.6) is 11.5 Å². The highest BCUT2D eigenvalue weighted by atomic mass is 16.7. The molecule has 0 radical (unpaired) electrons. The van der Waals surface area contributed by atoms with Crippen LogP contribution in [-0.2, 0) is 17.8 Å². The van der Waals surface area contributed by atoms with Gasteiger partial charge in [-0.15, -0.1) is 0 Å². The molecule has 0 bridgehead atoms. The van der Waals surface area contributed by atoms with Crippen LogP contribution in [0, 0.1) is 0 Å². The average molecular weight is 340 g/mol. The molecule has 0 aliphatic carbocycles. The van der Waals surface area contributed by atoms with Crippen LogP contribution in [0.3, 0.4) is 0 Å². The smallest absolute Gasteiger partial charge is 0.231 e. The Bertz CT molecular complexity index is 775. The Hall–Kier alpha value is -2.83. The first-order valence-electron chi connectivity index (χ1n) is 8.50. The Balaban J connectivity index is 1.33. The van der Waals surface area contributed by atoms with Crippen LogP contribution in [0.4, 0.5) is 5.82 Å². The second kappa shape index (κ2) is 6.96. The van der Waals surface area contributed by atoms with Gasteiger partial charge in [0.05, 0.1) is 13.0 Å². The summed E-state index contributed by atoms with van der Waals surface area (Å²) in [6.45, 7) is 2.63. The number of carbonyl (C=O) groups is 1. The Morgan fingerprint density at radius 2 is 2.00 bits per heavy atom. The third kappa shape index (κ3) is 3.65. The maximum atomic E-state index is 12.2. The first-order chi connectivity index (χ1) is 12.3. The van der Waals surface area contributed by atoms with Crippen LogP contribution in [0.1, 0.15) is 24.2 Å². The molecule has 1 amide bonds. The number of benzene rings is 1. The minimum atomic E-state index is -0.0750. The summed E-state index contributed by atoms with van der Waals surface area (Å²) in [5.41, 5.74) is 0.883. The lowest BCUT2D eigenvalue weighted by molar-refractivity contribution is -0.120. The molecule has 0 saturated carbocycles. The van der Waals surface area contributed by atoms with Crippen molar-refractivity contribution in [2.45, 2.75) is 25.8 Å². The Morgan fingerprint density at radius 1 is 1.16 bits per heavy atom. The predicted molar refractivity (Wildman–Crippen MR) is 91.6 cm³/mol. The molecular formula is C18H20N4O3. The van der Waals surface area contributed by atoms with E-state index >= 15 is 0 Å². The van der Waals surface area contributed by atoms with Gasteiger partial charge in [-0.05, 0) is 36.6 Å². The monoisotopic (exact) mass is 340 g/mol. The molecule has 0 unspecified atom stereocenters. The molecule has 2 aliphatic rings. The van der Waals surface area contributed by atoms with Crippen molar-refractivity contribution in [3.63, 3.8) is 0 Å². The number of carbonyl (C=O) groups excluding carboxylic acids is 1. The molecule has 0 atom stereocenters. The number of nitrogens with one attached hydrogen (secondary N) is 1. The molecular weight excluding hydrogens is 320 g/mol.